The molecule has 2 rings (SSSR count). The molecule has 0 aliphatic heterocycles. The van der Waals surface area contributed by atoms with Gasteiger partial charge in [0.15, 0.2) is 0 Å². The van der Waals surface area contributed by atoms with Crippen molar-refractivity contribution in [1.82, 2.24) is 0 Å². The van der Waals surface area contributed by atoms with Gasteiger partial charge in [-0.25, -0.2) is 0 Å². The first-order valence-corrected chi connectivity index (χ1v) is 6.03. The van der Waals surface area contributed by atoms with Crippen molar-refractivity contribution in [2.24, 2.45) is 0 Å². The first-order chi connectivity index (χ1) is 8.48. The van der Waals surface area contributed by atoms with Crippen molar-refractivity contribution in [2.45, 2.75) is 43.7 Å². The maximum absolute atomic E-state index is 12.7. The van der Waals surface area contributed by atoms with Gasteiger partial charge in [-0.05, 0) is 24.5 Å². The SMILES string of the molecule is N#CCC1(c2cccc(C(F)(F)F)c2)CCCC1. The minimum atomic E-state index is -4.32. The van der Waals surface area contributed by atoms with E-state index >= 15 is 0 Å². The number of hydrogen-bond donors (Lipinski definition) is 0. The Morgan fingerprint density at radius 3 is 2.44 bits per heavy atom. The molecule has 1 aromatic carbocycles. The quantitative estimate of drug-likeness (QED) is 0.764. The van der Waals surface area contributed by atoms with E-state index in [0.717, 1.165) is 31.7 Å². The van der Waals surface area contributed by atoms with Crippen LogP contribution in [0.5, 0.6) is 0 Å². The van der Waals surface area contributed by atoms with Crippen molar-refractivity contribution in [1.29, 1.82) is 5.26 Å². The Bertz CT molecular complexity index is 465. The van der Waals surface area contributed by atoms with Crippen LogP contribution in [0.15, 0.2) is 24.3 Å². The van der Waals surface area contributed by atoms with Crippen LogP contribution in [0.25, 0.3) is 0 Å². The second kappa shape index (κ2) is 4.64. The third-order valence-electron chi connectivity index (χ3n) is 3.78. The van der Waals surface area contributed by atoms with Crippen LogP contribution in [-0.4, -0.2) is 0 Å². The van der Waals surface area contributed by atoms with E-state index in [2.05, 4.69) is 6.07 Å². The Balaban J connectivity index is 2.41. The summed E-state index contributed by atoms with van der Waals surface area (Å²) in [6, 6.07) is 7.58. The van der Waals surface area contributed by atoms with Gasteiger partial charge in [0.2, 0.25) is 0 Å². The molecule has 18 heavy (non-hydrogen) atoms. The summed E-state index contributed by atoms with van der Waals surface area (Å²) in [7, 11) is 0. The van der Waals surface area contributed by atoms with Crippen molar-refractivity contribution in [3.8, 4) is 6.07 Å². The van der Waals surface area contributed by atoms with Crippen LogP contribution in [0.1, 0.15) is 43.2 Å². The topological polar surface area (TPSA) is 23.8 Å². The van der Waals surface area contributed by atoms with Gasteiger partial charge in [-0.1, -0.05) is 31.0 Å². The minimum Gasteiger partial charge on any atom is -0.198 e. The Hall–Kier alpha value is -1.50. The first-order valence-electron chi connectivity index (χ1n) is 6.03. The zero-order valence-corrected chi connectivity index (χ0v) is 9.93. The van der Waals surface area contributed by atoms with E-state index in [1.54, 1.807) is 6.07 Å². The van der Waals surface area contributed by atoms with Gasteiger partial charge in [-0.15, -0.1) is 0 Å². The zero-order valence-electron chi connectivity index (χ0n) is 9.93. The van der Waals surface area contributed by atoms with Crippen LogP contribution in [0.3, 0.4) is 0 Å². The molecule has 0 N–H and O–H groups in total. The van der Waals surface area contributed by atoms with Gasteiger partial charge in [-0.2, -0.15) is 18.4 Å². The molecule has 0 radical (unpaired) electrons. The largest absolute Gasteiger partial charge is 0.416 e. The molecule has 0 amide bonds. The fraction of sp³-hybridized carbons (Fsp3) is 0.500. The summed E-state index contributed by atoms with van der Waals surface area (Å²) in [5, 5.41) is 8.91. The highest BCUT2D eigenvalue weighted by molar-refractivity contribution is 5.33. The monoisotopic (exact) mass is 253 g/mol. The van der Waals surface area contributed by atoms with Gasteiger partial charge >= 0.3 is 6.18 Å². The van der Waals surface area contributed by atoms with Crippen molar-refractivity contribution in [2.75, 3.05) is 0 Å². The third kappa shape index (κ3) is 2.35. The van der Waals surface area contributed by atoms with Crippen molar-refractivity contribution < 1.29 is 13.2 Å². The predicted molar refractivity (Wildman–Crippen MR) is 61.8 cm³/mol. The molecule has 1 aromatic rings. The second-order valence-electron chi connectivity index (χ2n) is 4.90. The number of halogens is 3. The van der Waals surface area contributed by atoms with E-state index in [1.165, 1.54) is 12.1 Å². The molecular weight excluding hydrogens is 239 g/mol. The standard InChI is InChI=1S/C14H14F3N/c15-14(16,17)12-5-3-4-11(10-12)13(8-9-18)6-1-2-7-13/h3-5,10H,1-2,6-8H2. The number of rotatable bonds is 2. The number of hydrogen-bond acceptors (Lipinski definition) is 1. The van der Waals surface area contributed by atoms with E-state index in [-0.39, 0.29) is 5.41 Å². The van der Waals surface area contributed by atoms with Crippen LogP contribution in [0, 0.1) is 11.3 Å². The van der Waals surface area contributed by atoms with Gasteiger partial charge in [0.05, 0.1) is 11.6 Å². The second-order valence-corrected chi connectivity index (χ2v) is 4.90. The molecule has 1 saturated carbocycles. The highest BCUT2D eigenvalue weighted by Crippen LogP contribution is 2.44. The van der Waals surface area contributed by atoms with E-state index in [0.29, 0.717) is 12.0 Å². The van der Waals surface area contributed by atoms with Gasteiger partial charge in [0.25, 0.3) is 0 Å². The first kappa shape index (κ1) is 12.9. The molecule has 1 aliphatic rings. The van der Waals surface area contributed by atoms with Gasteiger partial charge in [0.1, 0.15) is 0 Å². The molecule has 1 fully saturated rings. The van der Waals surface area contributed by atoms with Crippen LogP contribution < -0.4 is 0 Å². The molecule has 0 heterocycles. The molecule has 1 nitrogen and oxygen atoms in total. The molecule has 0 bridgehead atoms. The molecule has 4 heteroatoms. The zero-order chi connectivity index (χ0) is 13.2. The average molecular weight is 253 g/mol. The van der Waals surface area contributed by atoms with Crippen LogP contribution in [0.2, 0.25) is 0 Å². The normalized spacial score (nSPS) is 18.6. The van der Waals surface area contributed by atoms with Gasteiger partial charge in [-0.3, -0.25) is 0 Å². The number of nitriles is 1. The van der Waals surface area contributed by atoms with Crippen LogP contribution in [-0.2, 0) is 11.6 Å². The summed E-state index contributed by atoms with van der Waals surface area (Å²) in [6.45, 7) is 0. The number of benzene rings is 1. The smallest absolute Gasteiger partial charge is 0.198 e. The van der Waals surface area contributed by atoms with Crippen LogP contribution in [0.4, 0.5) is 13.2 Å². The Kier molecular flexibility index (Phi) is 3.34. The molecule has 0 aromatic heterocycles. The average Bonchev–Trinajstić information content (AvgIpc) is 2.79. The third-order valence-corrected chi connectivity index (χ3v) is 3.78. The summed E-state index contributed by atoms with van der Waals surface area (Å²) in [4.78, 5) is 0. The summed E-state index contributed by atoms with van der Waals surface area (Å²) in [6.07, 6.45) is -0.434. The summed E-state index contributed by atoms with van der Waals surface area (Å²) in [5.41, 5.74) is -0.323. The van der Waals surface area contributed by atoms with Crippen molar-refractivity contribution in [3.05, 3.63) is 35.4 Å². The summed E-state index contributed by atoms with van der Waals surface area (Å²) in [5.74, 6) is 0. The Morgan fingerprint density at radius 1 is 1.22 bits per heavy atom. The molecule has 0 saturated heterocycles. The lowest BCUT2D eigenvalue weighted by Crippen LogP contribution is -2.22. The van der Waals surface area contributed by atoms with E-state index in [4.69, 9.17) is 5.26 Å². The molecule has 0 unspecified atom stereocenters. The van der Waals surface area contributed by atoms with Crippen molar-refractivity contribution >= 4 is 0 Å². The lowest BCUT2D eigenvalue weighted by Gasteiger charge is -2.27. The fourth-order valence-corrected chi connectivity index (χ4v) is 2.80. The van der Waals surface area contributed by atoms with E-state index in [1.807, 2.05) is 0 Å². The molecule has 96 valence electrons. The molecular formula is C14H14F3N. The minimum absolute atomic E-state index is 0.300. The lowest BCUT2D eigenvalue weighted by molar-refractivity contribution is -0.137. The fourth-order valence-electron chi connectivity index (χ4n) is 2.80. The highest BCUT2D eigenvalue weighted by Gasteiger charge is 2.37. The van der Waals surface area contributed by atoms with E-state index < -0.39 is 11.7 Å². The number of alkyl halides is 3. The Labute approximate surface area is 104 Å². The summed E-state index contributed by atoms with van der Waals surface area (Å²) < 4.78 is 38.1. The Morgan fingerprint density at radius 2 is 1.89 bits per heavy atom. The maximum Gasteiger partial charge on any atom is 0.416 e. The molecule has 0 atom stereocenters. The molecule has 1 aliphatic carbocycles. The van der Waals surface area contributed by atoms with Gasteiger partial charge < -0.3 is 0 Å². The highest BCUT2D eigenvalue weighted by atomic mass is 19.4. The summed E-state index contributed by atoms with van der Waals surface area (Å²) >= 11 is 0. The predicted octanol–water partition coefficient (Wildman–Crippen LogP) is 4.43. The number of nitrogens with zero attached hydrogens (tertiary/aromatic N) is 1. The maximum atomic E-state index is 12.7. The lowest BCUT2D eigenvalue weighted by atomic mass is 9.76. The van der Waals surface area contributed by atoms with Gasteiger partial charge in [0, 0.05) is 11.8 Å². The van der Waals surface area contributed by atoms with Crippen molar-refractivity contribution in [3.63, 3.8) is 0 Å². The molecule has 0 spiro atoms. The van der Waals surface area contributed by atoms with Crippen LogP contribution >= 0.6 is 0 Å². The van der Waals surface area contributed by atoms with E-state index in [9.17, 15) is 13.2 Å².